The Morgan fingerprint density at radius 3 is 3.16 bits per heavy atom. The topological polar surface area (TPSA) is 75.4 Å². The highest BCUT2D eigenvalue weighted by molar-refractivity contribution is 5.89. The summed E-state index contributed by atoms with van der Waals surface area (Å²) in [5, 5.41) is 8.85. The molecule has 1 aromatic heterocycles. The maximum Gasteiger partial charge on any atom is 0.339 e. The van der Waals surface area contributed by atoms with E-state index in [0.717, 1.165) is 5.82 Å². The number of aromatic nitrogens is 1. The lowest BCUT2D eigenvalue weighted by Crippen LogP contribution is -2.42. The van der Waals surface area contributed by atoms with Crippen molar-refractivity contribution in [3.8, 4) is 6.07 Å². The van der Waals surface area contributed by atoms with Gasteiger partial charge in [-0.3, -0.25) is 0 Å². The Bertz CT molecular complexity index is 481. The third-order valence-electron chi connectivity index (χ3n) is 2.79. The lowest BCUT2D eigenvalue weighted by molar-refractivity contribution is 0.0525. The molecule has 0 spiro atoms. The second kappa shape index (κ2) is 6.16. The highest BCUT2D eigenvalue weighted by Gasteiger charge is 2.21. The average molecular weight is 261 g/mol. The van der Waals surface area contributed by atoms with Gasteiger partial charge >= 0.3 is 5.97 Å². The number of hydrogen-bond donors (Lipinski definition) is 0. The molecule has 1 unspecified atom stereocenters. The van der Waals surface area contributed by atoms with E-state index >= 15 is 0 Å². The molecule has 1 aromatic rings. The molecular weight excluding hydrogens is 246 g/mol. The number of nitrogens with zero attached hydrogens (tertiary/aromatic N) is 3. The Balaban J connectivity index is 2.06. The minimum atomic E-state index is -0.430. The van der Waals surface area contributed by atoms with Crippen LogP contribution in [0.2, 0.25) is 0 Å². The van der Waals surface area contributed by atoms with Gasteiger partial charge in [0.1, 0.15) is 5.82 Å². The number of carbonyl (C=O) groups is 1. The minimum absolute atomic E-state index is 0.341. The van der Waals surface area contributed by atoms with Gasteiger partial charge in [-0.25, -0.2) is 9.78 Å². The minimum Gasteiger partial charge on any atom is -0.462 e. The second-order valence-electron chi connectivity index (χ2n) is 4.06. The SMILES string of the molecule is CCOC(=O)c1ccc(N2CCOC(C#N)C2)nc1. The van der Waals surface area contributed by atoms with E-state index in [1.165, 1.54) is 6.20 Å². The fourth-order valence-corrected chi connectivity index (χ4v) is 1.84. The first-order valence-corrected chi connectivity index (χ1v) is 6.14. The lowest BCUT2D eigenvalue weighted by atomic mass is 10.2. The van der Waals surface area contributed by atoms with Crippen LogP contribution in [0.1, 0.15) is 17.3 Å². The zero-order chi connectivity index (χ0) is 13.7. The van der Waals surface area contributed by atoms with Crippen molar-refractivity contribution in [3.05, 3.63) is 23.9 Å². The van der Waals surface area contributed by atoms with Crippen LogP contribution in [0.3, 0.4) is 0 Å². The summed E-state index contributed by atoms with van der Waals surface area (Å²) >= 11 is 0. The molecule has 0 amide bonds. The van der Waals surface area contributed by atoms with E-state index in [-0.39, 0.29) is 5.97 Å². The van der Waals surface area contributed by atoms with Crippen LogP contribution in [0, 0.1) is 11.3 Å². The van der Waals surface area contributed by atoms with Crippen LogP contribution in [-0.4, -0.2) is 43.4 Å². The molecule has 6 nitrogen and oxygen atoms in total. The molecule has 1 fully saturated rings. The van der Waals surface area contributed by atoms with Gasteiger partial charge < -0.3 is 14.4 Å². The molecular formula is C13H15N3O3. The summed E-state index contributed by atoms with van der Waals surface area (Å²) < 4.78 is 10.2. The Morgan fingerprint density at radius 1 is 1.68 bits per heavy atom. The van der Waals surface area contributed by atoms with Gasteiger partial charge in [0.15, 0.2) is 6.10 Å². The molecule has 0 bridgehead atoms. The van der Waals surface area contributed by atoms with Crippen molar-refractivity contribution >= 4 is 11.8 Å². The number of anilines is 1. The fourth-order valence-electron chi connectivity index (χ4n) is 1.84. The summed E-state index contributed by atoms with van der Waals surface area (Å²) in [5.41, 5.74) is 0.427. The zero-order valence-corrected chi connectivity index (χ0v) is 10.7. The standard InChI is InChI=1S/C13H15N3O3/c1-2-18-13(17)10-3-4-12(15-8-10)16-5-6-19-11(7-14)9-16/h3-4,8,11H,2,5-6,9H2,1H3. The number of nitriles is 1. The molecule has 0 N–H and O–H groups in total. The van der Waals surface area contributed by atoms with Gasteiger partial charge in [0.05, 0.1) is 31.4 Å². The summed E-state index contributed by atoms with van der Waals surface area (Å²) in [4.78, 5) is 17.7. The molecule has 2 heterocycles. The van der Waals surface area contributed by atoms with Crippen molar-refractivity contribution < 1.29 is 14.3 Å². The van der Waals surface area contributed by atoms with Crippen LogP contribution in [0.15, 0.2) is 18.3 Å². The number of carbonyl (C=O) groups excluding carboxylic acids is 1. The third kappa shape index (κ3) is 3.20. The van der Waals surface area contributed by atoms with Crippen molar-refractivity contribution in [2.24, 2.45) is 0 Å². The molecule has 6 heteroatoms. The zero-order valence-electron chi connectivity index (χ0n) is 10.7. The normalized spacial score (nSPS) is 18.7. The molecule has 0 saturated carbocycles. The van der Waals surface area contributed by atoms with Crippen LogP contribution in [0.5, 0.6) is 0 Å². The van der Waals surface area contributed by atoms with Crippen LogP contribution in [0.25, 0.3) is 0 Å². The van der Waals surface area contributed by atoms with E-state index in [2.05, 4.69) is 11.1 Å². The van der Waals surface area contributed by atoms with Crippen molar-refractivity contribution in [2.45, 2.75) is 13.0 Å². The Hall–Kier alpha value is -2.13. The molecule has 1 aliphatic rings. The highest BCUT2D eigenvalue weighted by Crippen LogP contribution is 2.15. The first kappa shape index (κ1) is 13.3. The van der Waals surface area contributed by atoms with Gasteiger partial charge in [0.2, 0.25) is 0 Å². The number of esters is 1. The molecule has 19 heavy (non-hydrogen) atoms. The molecule has 100 valence electrons. The molecule has 1 saturated heterocycles. The molecule has 0 radical (unpaired) electrons. The van der Waals surface area contributed by atoms with E-state index in [0.29, 0.717) is 31.9 Å². The third-order valence-corrected chi connectivity index (χ3v) is 2.79. The predicted molar refractivity (Wildman–Crippen MR) is 67.8 cm³/mol. The first-order chi connectivity index (χ1) is 9.24. The van der Waals surface area contributed by atoms with Crippen molar-refractivity contribution in [1.29, 1.82) is 5.26 Å². The summed E-state index contributed by atoms with van der Waals surface area (Å²) in [6.45, 7) is 3.77. The number of pyridine rings is 1. The fraction of sp³-hybridized carbons (Fsp3) is 0.462. The van der Waals surface area contributed by atoms with Crippen molar-refractivity contribution in [1.82, 2.24) is 4.98 Å². The van der Waals surface area contributed by atoms with E-state index < -0.39 is 6.10 Å². The summed E-state index contributed by atoms with van der Waals surface area (Å²) in [6, 6.07) is 5.52. The lowest BCUT2D eigenvalue weighted by Gasteiger charge is -2.30. The molecule has 2 rings (SSSR count). The maximum atomic E-state index is 11.5. The van der Waals surface area contributed by atoms with E-state index in [1.807, 2.05) is 4.90 Å². The van der Waals surface area contributed by atoms with Gasteiger partial charge in [0.25, 0.3) is 0 Å². The summed E-state index contributed by atoms with van der Waals surface area (Å²) in [5.74, 6) is 0.357. The van der Waals surface area contributed by atoms with Gasteiger partial charge in [-0.1, -0.05) is 0 Å². The van der Waals surface area contributed by atoms with Gasteiger partial charge in [-0.05, 0) is 19.1 Å². The molecule has 0 aliphatic carbocycles. The van der Waals surface area contributed by atoms with Crippen molar-refractivity contribution in [2.75, 3.05) is 31.2 Å². The first-order valence-electron chi connectivity index (χ1n) is 6.14. The number of rotatable bonds is 3. The monoisotopic (exact) mass is 261 g/mol. The molecule has 1 atom stereocenters. The quantitative estimate of drug-likeness (QED) is 0.755. The van der Waals surface area contributed by atoms with Crippen LogP contribution in [0.4, 0.5) is 5.82 Å². The highest BCUT2D eigenvalue weighted by atomic mass is 16.5. The maximum absolute atomic E-state index is 11.5. The van der Waals surface area contributed by atoms with Crippen LogP contribution < -0.4 is 4.90 Å². The second-order valence-corrected chi connectivity index (χ2v) is 4.06. The Morgan fingerprint density at radius 2 is 2.53 bits per heavy atom. The Kier molecular flexibility index (Phi) is 4.31. The number of hydrogen-bond acceptors (Lipinski definition) is 6. The average Bonchev–Trinajstić information content (AvgIpc) is 2.48. The predicted octanol–water partition coefficient (Wildman–Crippen LogP) is 0.987. The van der Waals surface area contributed by atoms with E-state index in [1.54, 1.807) is 19.1 Å². The van der Waals surface area contributed by atoms with Crippen molar-refractivity contribution in [3.63, 3.8) is 0 Å². The summed E-state index contributed by atoms with van der Waals surface area (Å²) in [6.07, 6.45) is 1.06. The van der Waals surface area contributed by atoms with Gasteiger partial charge in [0, 0.05) is 12.7 Å². The van der Waals surface area contributed by atoms with Crippen LogP contribution >= 0.6 is 0 Å². The smallest absolute Gasteiger partial charge is 0.339 e. The Labute approximate surface area is 111 Å². The van der Waals surface area contributed by atoms with E-state index in [4.69, 9.17) is 14.7 Å². The number of ether oxygens (including phenoxy) is 2. The molecule has 0 aromatic carbocycles. The van der Waals surface area contributed by atoms with E-state index in [9.17, 15) is 4.79 Å². The largest absolute Gasteiger partial charge is 0.462 e. The molecule has 1 aliphatic heterocycles. The number of morpholine rings is 1. The summed E-state index contributed by atoms with van der Waals surface area (Å²) in [7, 11) is 0. The van der Waals surface area contributed by atoms with Crippen LogP contribution in [-0.2, 0) is 9.47 Å². The van der Waals surface area contributed by atoms with Gasteiger partial charge in [-0.15, -0.1) is 0 Å². The van der Waals surface area contributed by atoms with Gasteiger partial charge in [-0.2, -0.15) is 5.26 Å².